The Kier molecular flexibility index (Phi) is 7.14. The number of nitrogens with one attached hydrogen (secondary N) is 1. The van der Waals surface area contributed by atoms with Crippen LogP contribution in [0, 0.1) is 0 Å². The second-order valence-corrected chi connectivity index (χ2v) is 8.43. The van der Waals surface area contributed by atoms with E-state index in [1.807, 2.05) is 12.1 Å². The molecule has 3 aromatic rings. The van der Waals surface area contributed by atoms with Gasteiger partial charge in [-0.25, -0.2) is 0 Å². The zero-order valence-corrected chi connectivity index (χ0v) is 18.6. The van der Waals surface area contributed by atoms with Crippen LogP contribution in [0.4, 0.5) is 5.69 Å². The highest BCUT2D eigenvalue weighted by molar-refractivity contribution is 8.00. The summed E-state index contributed by atoms with van der Waals surface area (Å²) in [7, 11) is 1.44. The van der Waals surface area contributed by atoms with Crippen LogP contribution in [-0.4, -0.2) is 23.4 Å². The number of methoxy groups -OCH3 is 1. The molecule has 0 radical (unpaired) electrons. The second-order valence-electron chi connectivity index (χ2n) is 6.93. The molecule has 0 amide bonds. The van der Waals surface area contributed by atoms with E-state index in [2.05, 4.69) is 65.7 Å². The molecule has 0 saturated carbocycles. The maximum absolute atomic E-state index is 12.0. The average Bonchev–Trinajstić information content (AvgIpc) is 3.19. The summed E-state index contributed by atoms with van der Waals surface area (Å²) < 4.78 is 10.7. The second kappa shape index (κ2) is 9.59. The van der Waals surface area contributed by atoms with Crippen molar-refractivity contribution >= 4 is 46.1 Å². The van der Waals surface area contributed by atoms with Gasteiger partial charge in [-0.15, -0.1) is 0 Å². The fourth-order valence-electron chi connectivity index (χ4n) is 3.91. The molecular formula is C23H27ClN2O2S. The van der Waals surface area contributed by atoms with Gasteiger partial charge in [0.25, 0.3) is 0 Å². The average molecular weight is 431 g/mol. The van der Waals surface area contributed by atoms with Crippen molar-refractivity contribution in [2.45, 2.75) is 38.6 Å². The molecule has 3 rings (SSSR count). The van der Waals surface area contributed by atoms with Gasteiger partial charge >= 0.3 is 5.97 Å². The molecule has 2 aromatic carbocycles. The number of hydrogen-bond acceptors (Lipinski definition) is 4. The number of ether oxygens (including phenoxy) is 1. The van der Waals surface area contributed by atoms with Crippen molar-refractivity contribution in [1.29, 1.82) is 0 Å². The summed E-state index contributed by atoms with van der Waals surface area (Å²) >= 11 is 7.83. The van der Waals surface area contributed by atoms with E-state index in [1.54, 1.807) is 11.9 Å². The molecule has 1 unspecified atom stereocenters. The van der Waals surface area contributed by atoms with Gasteiger partial charge in [0.1, 0.15) is 0 Å². The lowest BCUT2D eigenvalue weighted by atomic mass is 9.82. The normalized spacial score (nSPS) is 13.2. The smallest absolute Gasteiger partial charge is 0.305 e. The minimum Gasteiger partial charge on any atom is -0.469 e. The van der Waals surface area contributed by atoms with E-state index in [0.717, 1.165) is 28.9 Å². The van der Waals surface area contributed by atoms with Crippen LogP contribution < -0.4 is 4.72 Å². The number of carbonyl (C=O) groups excluding carboxylic acids is 1. The van der Waals surface area contributed by atoms with Crippen LogP contribution in [0.2, 0.25) is 5.02 Å². The maximum atomic E-state index is 12.0. The van der Waals surface area contributed by atoms with E-state index in [-0.39, 0.29) is 11.5 Å². The summed E-state index contributed by atoms with van der Waals surface area (Å²) in [5.41, 5.74) is 2.99. The van der Waals surface area contributed by atoms with Gasteiger partial charge in [-0.1, -0.05) is 55.6 Å². The van der Waals surface area contributed by atoms with Crippen molar-refractivity contribution in [3.05, 3.63) is 65.3 Å². The first-order valence-electron chi connectivity index (χ1n) is 9.87. The fraction of sp³-hybridized carbons (Fsp3) is 0.348. The van der Waals surface area contributed by atoms with Crippen LogP contribution >= 0.6 is 23.5 Å². The lowest BCUT2D eigenvalue weighted by Gasteiger charge is -2.36. The third kappa shape index (κ3) is 4.41. The lowest BCUT2D eigenvalue weighted by Crippen LogP contribution is -2.34. The Morgan fingerprint density at radius 2 is 1.93 bits per heavy atom. The third-order valence-corrected chi connectivity index (χ3v) is 6.36. The molecule has 1 N–H and O–H groups in total. The number of esters is 1. The van der Waals surface area contributed by atoms with Gasteiger partial charge in [-0.3, -0.25) is 4.79 Å². The van der Waals surface area contributed by atoms with Crippen LogP contribution in [0.5, 0.6) is 0 Å². The molecule has 1 aromatic heterocycles. The summed E-state index contributed by atoms with van der Waals surface area (Å²) in [6, 6.07) is 16.4. The van der Waals surface area contributed by atoms with E-state index < -0.39 is 0 Å². The SMILES string of the molecule is CCSNc1cccc2c1ccn2C(CC)(CCC(=O)OC)c1ccc(Cl)cc1. The van der Waals surface area contributed by atoms with Gasteiger partial charge < -0.3 is 14.0 Å². The van der Waals surface area contributed by atoms with Crippen molar-refractivity contribution in [1.82, 2.24) is 4.57 Å². The van der Waals surface area contributed by atoms with Crippen LogP contribution in [-0.2, 0) is 15.1 Å². The number of anilines is 1. The number of nitrogens with zero attached hydrogens (tertiary/aromatic N) is 1. The van der Waals surface area contributed by atoms with Crippen molar-refractivity contribution in [3.63, 3.8) is 0 Å². The topological polar surface area (TPSA) is 43.3 Å². The predicted molar refractivity (Wildman–Crippen MR) is 124 cm³/mol. The molecule has 4 nitrogen and oxygen atoms in total. The maximum Gasteiger partial charge on any atom is 0.305 e. The van der Waals surface area contributed by atoms with Crippen molar-refractivity contribution < 1.29 is 9.53 Å². The van der Waals surface area contributed by atoms with Crippen molar-refractivity contribution in [2.24, 2.45) is 0 Å². The fourth-order valence-corrected chi connectivity index (χ4v) is 4.51. The van der Waals surface area contributed by atoms with Crippen LogP contribution in [0.15, 0.2) is 54.7 Å². The van der Waals surface area contributed by atoms with Gasteiger partial charge in [0.2, 0.25) is 0 Å². The van der Waals surface area contributed by atoms with E-state index in [9.17, 15) is 4.79 Å². The van der Waals surface area contributed by atoms with Gasteiger partial charge in [-0.05, 0) is 48.7 Å². The van der Waals surface area contributed by atoms with Crippen LogP contribution in [0.1, 0.15) is 38.7 Å². The molecule has 29 heavy (non-hydrogen) atoms. The molecule has 0 aliphatic carbocycles. The van der Waals surface area contributed by atoms with E-state index in [1.165, 1.54) is 12.5 Å². The molecule has 6 heteroatoms. The number of benzene rings is 2. The van der Waals surface area contributed by atoms with Crippen LogP contribution in [0.3, 0.4) is 0 Å². The molecule has 0 fully saturated rings. The Morgan fingerprint density at radius 3 is 2.59 bits per heavy atom. The molecule has 1 atom stereocenters. The molecule has 0 aliphatic heterocycles. The summed E-state index contributed by atoms with van der Waals surface area (Å²) in [5, 5.41) is 1.87. The summed E-state index contributed by atoms with van der Waals surface area (Å²) in [5.74, 6) is 0.787. The third-order valence-electron chi connectivity index (χ3n) is 5.46. The predicted octanol–water partition coefficient (Wildman–Crippen LogP) is 6.48. The molecular weight excluding hydrogens is 404 g/mol. The largest absolute Gasteiger partial charge is 0.469 e. The highest BCUT2D eigenvalue weighted by Gasteiger charge is 2.34. The Balaban J connectivity index is 2.15. The summed E-state index contributed by atoms with van der Waals surface area (Å²) in [6.07, 6.45) is 3.94. The number of hydrogen-bond donors (Lipinski definition) is 1. The Labute approximate surface area is 181 Å². The number of fused-ring (bicyclic) bond motifs is 1. The molecule has 0 aliphatic rings. The first kappa shape index (κ1) is 21.6. The summed E-state index contributed by atoms with van der Waals surface area (Å²) in [4.78, 5) is 12.0. The minimum atomic E-state index is -0.378. The number of halogens is 1. The van der Waals surface area contributed by atoms with E-state index in [0.29, 0.717) is 17.9 Å². The van der Waals surface area contributed by atoms with E-state index in [4.69, 9.17) is 16.3 Å². The molecule has 154 valence electrons. The molecule has 1 heterocycles. The lowest BCUT2D eigenvalue weighted by molar-refractivity contribution is -0.141. The standard InChI is InChI=1S/C23H27ClN2O2S/c1-4-23(15-13-22(27)28-3,17-9-11-18(24)12-10-17)26-16-14-19-20(25-29-5-2)7-6-8-21(19)26/h6-12,14,16,25H,4-5,13,15H2,1-3H3. The zero-order valence-electron chi connectivity index (χ0n) is 17.1. The Hall–Kier alpha value is -2.11. The minimum absolute atomic E-state index is 0.199. The quantitative estimate of drug-likeness (QED) is 0.311. The highest BCUT2D eigenvalue weighted by atomic mass is 35.5. The molecule has 0 spiro atoms. The monoisotopic (exact) mass is 430 g/mol. The number of rotatable bonds is 9. The molecule has 0 saturated heterocycles. The first-order valence-corrected chi connectivity index (χ1v) is 11.2. The Morgan fingerprint density at radius 1 is 1.17 bits per heavy atom. The number of carbonyl (C=O) groups is 1. The zero-order chi connectivity index (χ0) is 20.9. The van der Waals surface area contributed by atoms with Gasteiger partial charge in [0.05, 0.1) is 23.9 Å². The van der Waals surface area contributed by atoms with Gasteiger partial charge in [0, 0.05) is 28.8 Å². The highest BCUT2D eigenvalue weighted by Crippen LogP contribution is 2.40. The first-order chi connectivity index (χ1) is 14.1. The van der Waals surface area contributed by atoms with E-state index >= 15 is 0 Å². The Bertz CT molecular complexity index is 971. The van der Waals surface area contributed by atoms with Crippen molar-refractivity contribution in [2.75, 3.05) is 17.6 Å². The molecule has 0 bridgehead atoms. The summed E-state index contributed by atoms with van der Waals surface area (Å²) in [6.45, 7) is 4.28. The number of aromatic nitrogens is 1. The van der Waals surface area contributed by atoms with Gasteiger partial charge in [0.15, 0.2) is 0 Å². The van der Waals surface area contributed by atoms with Crippen LogP contribution in [0.25, 0.3) is 10.9 Å². The van der Waals surface area contributed by atoms with Gasteiger partial charge in [-0.2, -0.15) is 0 Å². The van der Waals surface area contributed by atoms with Crippen molar-refractivity contribution in [3.8, 4) is 0 Å².